The zero-order valence-corrected chi connectivity index (χ0v) is 28.5. The predicted octanol–water partition coefficient (Wildman–Crippen LogP) is 4.53. The molecular weight excluding hydrogens is 597 g/mol. The summed E-state index contributed by atoms with van der Waals surface area (Å²) in [5.41, 5.74) is 8.59. The molecule has 3 aromatic rings. The molecule has 1 fully saturated rings. The van der Waals surface area contributed by atoms with Crippen molar-refractivity contribution in [2.24, 2.45) is 0 Å². The molecule has 9 nitrogen and oxygen atoms in total. The first-order valence-corrected chi connectivity index (χ1v) is 17.5. The van der Waals surface area contributed by atoms with E-state index in [1.165, 1.54) is 22.3 Å². The highest BCUT2D eigenvalue weighted by Crippen LogP contribution is 2.30. The van der Waals surface area contributed by atoms with Crippen LogP contribution >= 0.6 is 11.8 Å². The van der Waals surface area contributed by atoms with Crippen molar-refractivity contribution in [3.05, 3.63) is 82.3 Å². The zero-order chi connectivity index (χ0) is 33.0. The van der Waals surface area contributed by atoms with E-state index in [-0.39, 0.29) is 11.9 Å². The first-order valence-electron chi connectivity index (χ1n) is 16.2. The maximum atomic E-state index is 13.2. The van der Waals surface area contributed by atoms with Crippen LogP contribution in [-0.4, -0.2) is 95.2 Å². The molecule has 0 saturated carbocycles. The van der Waals surface area contributed by atoms with Crippen molar-refractivity contribution < 1.29 is 14.7 Å². The molecule has 0 aliphatic carbocycles. The number of benzene rings is 2. The third kappa shape index (κ3) is 7.57. The van der Waals surface area contributed by atoms with Crippen molar-refractivity contribution in [1.82, 2.24) is 30.4 Å². The van der Waals surface area contributed by atoms with Gasteiger partial charge in [0.05, 0.1) is 17.1 Å². The third-order valence-electron chi connectivity index (χ3n) is 9.56. The number of carbonyl (C=O) groups is 2. The van der Waals surface area contributed by atoms with Crippen molar-refractivity contribution in [2.45, 2.75) is 69.4 Å². The number of thioether (sulfide) groups is 1. The van der Waals surface area contributed by atoms with Crippen molar-refractivity contribution >= 4 is 40.7 Å². The van der Waals surface area contributed by atoms with Crippen LogP contribution in [0.4, 0.5) is 0 Å². The Hall–Kier alpha value is -3.44. The number of aryl methyl sites for hydroxylation is 2. The number of H-pyrrole nitrogens is 1. The summed E-state index contributed by atoms with van der Waals surface area (Å²) in [6.45, 7) is 11.0. The number of nitrogens with one attached hydrogen (secondary N) is 3. The number of rotatable bonds is 13. The van der Waals surface area contributed by atoms with Crippen LogP contribution in [0.15, 0.2) is 43.1 Å². The summed E-state index contributed by atoms with van der Waals surface area (Å²) >= 11 is 1.81. The van der Waals surface area contributed by atoms with Crippen LogP contribution in [0.1, 0.15) is 69.2 Å². The molecule has 1 aromatic heterocycles. The zero-order valence-electron chi connectivity index (χ0n) is 27.7. The summed E-state index contributed by atoms with van der Waals surface area (Å²) in [5.74, 6) is 0.633. The van der Waals surface area contributed by atoms with Gasteiger partial charge in [0.25, 0.3) is 0 Å². The Kier molecular flexibility index (Phi) is 11.0. The second-order valence-electron chi connectivity index (χ2n) is 12.9. The quantitative estimate of drug-likeness (QED) is 0.201. The van der Waals surface area contributed by atoms with Crippen molar-refractivity contribution in [1.29, 1.82) is 0 Å². The lowest BCUT2D eigenvalue weighted by atomic mass is 9.94. The van der Waals surface area contributed by atoms with Gasteiger partial charge < -0.3 is 30.5 Å². The summed E-state index contributed by atoms with van der Waals surface area (Å²) in [5, 5.41) is 17.2. The van der Waals surface area contributed by atoms with Gasteiger partial charge >= 0.3 is 0 Å². The van der Waals surface area contributed by atoms with Crippen molar-refractivity contribution in [3.63, 3.8) is 0 Å². The monoisotopic (exact) mass is 644 g/mol. The lowest BCUT2D eigenvalue weighted by Gasteiger charge is -2.37. The minimum atomic E-state index is -0.634. The molecule has 2 aromatic carbocycles. The number of aliphatic hydroxyl groups excluding tert-OH is 1. The number of aromatic nitrogens is 2. The summed E-state index contributed by atoms with van der Waals surface area (Å²) in [7, 11) is 4.18. The molecule has 2 aliphatic heterocycles. The first-order chi connectivity index (χ1) is 22.1. The number of likely N-dealkylation sites (tertiary alicyclic amines) is 1. The Balaban J connectivity index is 1.30. The summed E-state index contributed by atoms with van der Waals surface area (Å²) in [6.07, 6.45) is 9.40. The van der Waals surface area contributed by atoms with Gasteiger partial charge in [-0.3, -0.25) is 9.59 Å². The molecule has 0 spiro atoms. The van der Waals surface area contributed by atoms with Gasteiger partial charge in [0, 0.05) is 54.5 Å². The normalized spacial score (nSPS) is 19.7. The summed E-state index contributed by atoms with van der Waals surface area (Å²) in [4.78, 5) is 38.0. The van der Waals surface area contributed by atoms with E-state index in [1.807, 2.05) is 19.2 Å². The molecule has 3 unspecified atom stereocenters. The third-order valence-corrected chi connectivity index (χ3v) is 10.2. The van der Waals surface area contributed by atoms with Gasteiger partial charge in [0.1, 0.15) is 11.7 Å². The highest BCUT2D eigenvalue weighted by Gasteiger charge is 2.34. The smallest absolute Gasteiger partial charge is 0.236 e. The number of amides is 1. The number of aromatic amines is 1. The molecule has 4 N–H and O–H groups in total. The Morgan fingerprint density at radius 1 is 1.26 bits per heavy atom. The van der Waals surface area contributed by atoms with Crippen LogP contribution in [0.2, 0.25) is 0 Å². The van der Waals surface area contributed by atoms with E-state index >= 15 is 0 Å². The Labute approximate surface area is 276 Å². The number of hydrogen-bond donors (Lipinski definition) is 4. The molecule has 46 heavy (non-hydrogen) atoms. The van der Waals surface area contributed by atoms with E-state index < -0.39 is 12.0 Å². The number of aliphatic hydroxyl groups is 1. The van der Waals surface area contributed by atoms with Gasteiger partial charge in [0.2, 0.25) is 5.91 Å². The number of fused-ring (bicyclic) bond motifs is 1. The molecule has 2 aliphatic rings. The van der Waals surface area contributed by atoms with Gasteiger partial charge in [-0.05, 0) is 94.7 Å². The minimum Gasteiger partial charge on any atom is -0.392 e. The average molecular weight is 645 g/mol. The average Bonchev–Trinajstić information content (AvgIpc) is 3.44. The lowest BCUT2D eigenvalue weighted by Crippen LogP contribution is -2.46. The standard InChI is InChI=1S/C36H48N6O3S/c1-22-15-23(2)29(26(16-22)21-46-6)8-7-28(44)19-38-31-9-12-37-36(45)34(31)35-39-32-17-25(20-43)30(18-33(32)40-35)24(3)42(5)27-10-13-41(4)14-11-27/h9,12,15-18,20,27-28,31,34,38,44H,3,7-8,10-11,13-14,19,21H2,1-2,4-6H3,(H,37,45)(H,39,40). The molecule has 1 saturated heterocycles. The number of imidazole rings is 1. The van der Waals surface area contributed by atoms with Gasteiger partial charge in [-0.1, -0.05) is 30.4 Å². The van der Waals surface area contributed by atoms with Gasteiger partial charge in [-0.25, -0.2) is 4.98 Å². The number of hydrogen-bond acceptors (Lipinski definition) is 8. The minimum absolute atomic E-state index is 0.187. The molecule has 1 amide bonds. The topological polar surface area (TPSA) is 114 Å². The SMILES string of the molecule is C=C(c1cc2nc(C3C(=O)NC=CC3NCC(O)CCc3c(C)cc(C)cc3CSC)[nH]c2cc1C=O)N(C)C1CCN(C)CC1. The number of piperidine rings is 1. The highest BCUT2D eigenvalue weighted by atomic mass is 32.2. The highest BCUT2D eigenvalue weighted by molar-refractivity contribution is 7.97. The van der Waals surface area contributed by atoms with Gasteiger partial charge in [-0.2, -0.15) is 11.8 Å². The van der Waals surface area contributed by atoms with E-state index in [0.29, 0.717) is 41.4 Å². The largest absolute Gasteiger partial charge is 0.392 e. The fourth-order valence-corrected chi connectivity index (χ4v) is 7.44. The van der Waals surface area contributed by atoms with Gasteiger partial charge in [-0.15, -0.1) is 0 Å². The number of aldehydes is 1. The van der Waals surface area contributed by atoms with E-state index in [0.717, 1.165) is 55.7 Å². The van der Waals surface area contributed by atoms with Crippen LogP contribution < -0.4 is 10.6 Å². The second kappa shape index (κ2) is 15.0. The molecule has 5 rings (SSSR count). The summed E-state index contributed by atoms with van der Waals surface area (Å²) < 4.78 is 0. The Bertz CT molecular complexity index is 1610. The number of carbonyl (C=O) groups excluding carboxylic acids is 2. The van der Waals surface area contributed by atoms with E-state index in [2.05, 4.69) is 71.3 Å². The van der Waals surface area contributed by atoms with Crippen LogP contribution in [-0.2, 0) is 17.0 Å². The van der Waals surface area contributed by atoms with Crippen LogP contribution in [0.25, 0.3) is 16.7 Å². The van der Waals surface area contributed by atoms with E-state index in [4.69, 9.17) is 4.98 Å². The molecule has 246 valence electrons. The van der Waals surface area contributed by atoms with Crippen molar-refractivity contribution in [2.75, 3.05) is 40.0 Å². The lowest BCUT2D eigenvalue weighted by molar-refractivity contribution is -0.122. The predicted molar refractivity (Wildman–Crippen MR) is 188 cm³/mol. The molecular formula is C36H48N6O3S. The second-order valence-corrected chi connectivity index (χ2v) is 13.8. The Morgan fingerprint density at radius 3 is 2.74 bits per heavy atom. The molecule has 10 heteroatoms. The maximum Gasteiger partial charge on any atom is 0.236 e. The molecule has 3 atom stereocenters. The van der Waals surface area contributed by atoms with Crippen LogP contribution in [0.3, 0.4) is 0 Å². The first kappa shape index (κ1) is 33.9. The van der Waals surface area contributed by atoms with Crippen LogP contribution in [0, 0.1) is 13.8 Å². The van der Waals surface area contributed by atoms with Gasteiger partial charge in [0.15, 0.2) is 6.29 Å². The van der Waals surface area contributed by atoms with E-state index in [9.17, 15) is 14.7 Å². The Morgan fingerprint density at radius 2 is 2.02 bits per heavy atom. The maximum absolute atomic E-state index is 13.2. The van der Waals surface area contributed by atoms with Crippen LogP contribution in [0.5, 0.6) is 0 Å². The molecule has 0 radical (unpaired) electrons. The fourth-order valence-electron chi connectivity index (χ4n) is 6.87. The van der Waals surface area contributed by atoms with E-state index in [1.54, 1.807) is 24.0 Å². The fraction of sp³-hybridized carbons (Fsp3) is 0.472. The molecule has 3 heterocycles. The summed E-state index contributed by atoms with van der Waals surface area (Å²) in [6, 6.07) is 8.13. The van der Waals surface area contributed by atoms with Crippen molar-refractivity contribution in [3.8, 4) is 0 Å². The molecule has 0 bridgehead atoms. The number of nitrogens with zero attached hydrogens (tertiary/aromatic N) is 3.